The standard InChI is InChI=1S/C31H39N3O7S2/c1-20(32)17-24(35)9-8-10-25(36)18-22-13-15-23(16-14-22)19-27(30(38)39)33-29(37)28-31(3,4)42-21(2)34(28)43(40,41)26-11-6-5-7-12-26/h5-7,11-16,21,27-28,32H,8-10,17-19H2,1-4H3,(H,33,37)(H,38,39)/t21?,27-,28+/m0/s1. The van der Waals surface area contributed by atoms with E-state index in [1.54, 1.807) is 70.2 Å². The number of hydrogen-bond donors (Lipinski definition) is 3. The Morgan fingerprint density at radius 3 is 2.16 bits per heavy atom. The highest BCUT2D eigenvalue weighted by Gasteiger charge is 2.55. The first-order valence-electron chi connectivity index (χ1n) is 14.1. The number of thioether (sulfide) groups is 1. The first-order valence-corrected chi connectivity index (χ1v) is 16.4. The number of benzene rings is 2. The molecule has 2 aromatic rings. The quantitative estimate of drug-likeness (QED) is 0.249. The number of hydrogen-bond acceptors (Lipinski definition) is 8. The summed E-state index contributed by atoms with van der Waals surface area (Å²) in [5.74, 6) is -2.02. The predicted molar refractivity (Wildman–Crippen MR) is 166 cm³/mol. The van der Waals surface area contributed by atoms with Crippen molar-refractivity contribution in [2.24, 2.45) is 0 Å². The van der Waals surface area contributed by atoms with E-state index in [9.17, 15) is 32.7 Å². The van der Waals surface area contributed by atoms with Crippen molar-refractivity contribution < 1.29 is 32.7 Å². The molecular formula is C31H39N3O7S2. The molecule has 0 bridgehead atoms. The summed E-state index contributed by atoms with van der Waals surface area (Å²) in [5.41, 5.74) is 1.67. The fourth-order valence-electron chi connectivity index (χ4n) is 5.21. The zero-order valence-electron chi connectivity index (χ0n) is 24.8. The van der Waals surface area contributed by atoms with E-state index >= 15 is 0 Å². The number of ketones is 2. The molecule has 1 aliphatic rings. The minimum atomic E-state index is -4.05. The van der Waals surface area contributed by atoms with Gasteiger partial charge in [0.1, 0.15) is 23.7 Å². The number of nitrogens with one attached hydrogen (secondary N) is 2. The summed E-state index contributed by atoms with van der Waals surface area (Å²) in [7, 11) is -4.05. The topological polar surface area (TPSA) is 162 Å². The Balaban J connectivity index is 1.66. The van der Waals surface area contributed by atoms with E-state index in [-0.39, 0.29) is 48.6 Å². The Hall–Kier alpha value is -3.35. The van der Waals surface area contributed by atoms with Crippen molar-refractivity contribution in [2.75, 3.05) is 0 Å². The number of carboxylic acids is 1. The summed E-state index contributed by atoms with van der Waals surface area (Å²) in [5, 5.41) is 19.3. The molecule has 3 atom stereocenters. The lowest BCUT2D eigenvalue weighted by Crippen LogP contribution is -2.57. The third kappa shape index (κ3) is 9.07. The molecule has 1 saturated heterocycles. The summed E-state index contributed by atoms with van der Waals surface area (Å²) < 4.78 is 27.5. The Kier molecular flexibility index (Phi) is 11.4. The largest absolute Gasteiger partial charge is 0.480 e. The van der Waals surface area contributed by atoms with Crippen LogP contribution in [-0.2, 0) is 42.0 Å². The third-order valence-electron chi connectivity index (χ3n) is 7.16. The van der Waals surface area contributed by atoms with Crippen molar-refractivity contribution in [1.29, 1.82) is 5.41 Å². The summed E-state index contributed by atoms with van der Waals surface area (Å²) in [6, 6.07) is 12.2. The molecule has 0 spiro atoms. The minimum Gasteiger partial charge on any atom is -0.480 e. The Bertz CT molecular complexity index is 1460. The van der Waals surface area contributed by atoms with Gasteiger partial charge in [-0.2, -0.15) is 4.31 Å². The SMILES string of the molecule is CC(=N)CC(=O)CCCC(=O)Cc1ccc(C[C@H](NC(=O)[C@H]2N(S(=O)(=O)c3ccccc3)C(C)SC2(C)C)C(=O)O)cc1. The van der Waals surface area contributed by atoms with E-state index < -0.39 is 44.1 Å². The van der Waals surface area contributed by atoms with Crippen LogP contribution in [0, 0.1) is 5.41 Å². The highest BCUT2D eigenvalue weighted by Crippen LogP contribution is 2.46. The molecule has 0 saturated carbocycles. The van der Waals surface area contributed by atoms with Gasteiger partial charge in [0.05, 0.1) is 10.3 Å². The molecule has 2 aromatic carbocycles. The van der Waals surface area contributed by atoms with E-state index in [1.807, 2.05) is 0 Å². The van der Waals surface area contributed by atoms with Gasteiger partial charge in [0.2, 0.25) is 15.9 Å². The van der Waals surface area contributed by atoms with Crippen molar-refractivity contribution in [3.63, 3.8) is 0 Å². The van der Waals surface area contributed by atoms with Crippen molar-refractivity contribution in [3.8, 4) is 0 Å². The number of carbonyl (C=O) groups excluding carboxylic acids is 3. The molecule has 0 aliphatic carbocycles. The van der Waals surface area contributed by atoms with Gasteiger partial charge in [-0.1, -0.05) is 42.5 Å². The van der Waals surface area contributed by atoms with Crippen molar-refractivity contribution in [3.05, 3.63) is 65.7 Å². The van der Waals surface area contributed by atoms with Gasteiger partial charge in [0.25, 0.3) is 0 Å². The first kappa shape index (κ1) is 34.1. The molecule has 12 heteroatoms. The number of nitrogens with zero attached hydrogens (tertiary/aromatic N) is 1. The summed E-state index contributed by atoms with van der Waals surface area (Å²) >= 11 is 1.33. The van der Waals surface area contributed by atoms with Gasteiger partial charge in [-0.15, -0.1) is 11.8 Å². The van der Waals surface area contributed by atoms with Crippen LogP contribution in [0.4, 0.5) is 0 Å². The molecule has 3 rings (SSSR count). The van der Waals surface area contributed by atoms with E-state index in [0.29, 0.717) is 17.7 Å². The lowest BCUT2D eigenvalue weighted by Gasteiger charge is -2.31. The van der Waals surface area contributed by atoms with Crippen LogP contribution in [0.5, 0.6) is 0 Å². The van der Waals surface area contributed by atoms with Gasteiger partial charge in [-0.05, 0) is 57.4 Å². The van der Waals surface area contributed by atoms with Gasteiger partial charge in [0.15, 0.2) is 0 Å². The second kappa shape index (κ2) is 14.4. The normalized spacial score (nSPS) is 19.0. The number of carbonyl (C=O) groups is 4. The monoisotopic (exact) mass is 629 g/mol. The molecule has 232 valence electrons. The lowest BCUT2D eigenvalue weighted by molar-refractivity contribution is -0.142. The number of amides is 1. The second-order valence-corrected chi connectivity index (χ2v) is 15.2. The van der Waals surface area contributed by atoms with Crippen LogP contribution < -0.4 is 5.32 Å². The van der Waals surface area contributed by atoms with E-state index in [2.05, 4.69) is 5.32 Å². The Labute approximate surface area is 257 Å². The zero-order valence-corrected chi connectivity index (χ0v) is 26.5. The van der Waals surface area contributed by atoms with Gasteiger partial charge in [0, 0.05) is 42.6 Å². The molecule has 1 aliphatic heterocycles. The molecular weight excluding hydrogens is 590 g/mol. The lowest BCUT2D eigenvalue weighted by atomic mass is 9.99. The highest BCUT2D eigenvalue weighted by atomic mass is 32.2. The molecule has 10 nitrogen and oxygen atoms in total. The number of sulfonamides is 1. The van der Waals surface area contributed by atoms with Crippen molar-refractivity contribution in [1.82, 2.24) is 9.62 Å². The van der Waals surface area contributed by atoms with Crippen LogP contribution in [0.1, 0.15) is 64.5 Å². The predicted octanol–water partition coefficient (Wildman–Crippen LogP) is 4.01. The van der Waals surface area contributed by atoms with Crippen LogP contribution in [0.2, 0.25) is 0 Å². The molecule has 0 aromatic heterocycles. The number of carboxylic acid groups (broad SMARTS) is 1. The number of Topliss-reactive ketones (excluding diaryl/α,β-unsaturated/α-hetero) is 2. The van der Waals surface area contributed by atoms with Gasteiger partial charge in [-0.25, -0.2) is 13.2 Å². The average molecular weight is 630 g/mol. The number of aliphatic carboxylic acids is 1. The fraction of sp³-hybridized carbons (Fsp3) is 0.452. The highest BCUT2D eigenvalue weighted by molar-refractivity contribution is 8.02. The van der Waals surface area contributed by atoms with Gasteiger partial charge in [-0.3, -0.25) is 14.4 Å². The molecule has 1 heterocycles. The van der Waals surface area contributed by atoms with Crippen LogP contribution in [0.25, 0.3) is 0 Å². The molecule has 1 amide bonds. The van der Waals surface area contributed by atoms with E-state index in [0.717, 1.165) is 9.87 Å². The van der Waals surface area contributed by atoms with Crippen molar-refractivity contribution >= 4 is 50.9 Å². The first-order chi connectivity index (χ1) is 20.1. The fourth-order valence-corrected chi connectivity index (χ4v) is 8.98. The average Bonchev–Trinajstić information content (AvgIpc) is 3.17. The molecule has 0 radical (unpaired) electrons. The minimum absolute atomic E-state index is 0.0240. The number of rotatable bonds is 15. The maximum Gasteiger partial charge on any atom is 0.326 e. The zero-order chi connectivity index (χ0) is 31.9. The molecule has 43 heavy (non-hydrogen) atoms. The second-order valence-electron chi connectivity index (χ2n) is 11.4. The van der Waals surface area contributed by atoms with E-state index in [4.69, 9.17) is 5.41 Å². The molecule has 3 N–H and O–H groups in total. The summed E-state index contributed by atoms with van der Waals surface area (Å²) in [4.78, 5) is 49.9. The maximum atomic E-state index is 13.6. The third-order valence-corrected chi connectivity index (χ3v) is 10.6. The smallest absolute Gasteiger partial charge is 0.326 e. The summed E-state index contributed by atoms with van der Waals surface area (Å²) in [6.45, 7) is 6.82. The van der Waals surface area contributed by atoms with E-state index in [1.165, 1.54) is 23.9 Å². The Morgan fingerprint density at radius 1 is 1.00 bits per heavy atom. The maximum absolute atomic E-state index is 13.6. The van der Waals surface area contributed by atoms with Crippen molar-refractivity contribution in [2.45, 2.75) is 93.3 Å². The van der Waals surface area contributed by atoms with Gasteiger partial charge < -0.3 is 15.8 Å². The van der Waals surface area contributed by atoms with Crippen LogP contribution >= 0.6 is 11.8 Å². The summed E-state index contributed by atoms with van der Waals surface area (Å²) in [6.07, 6.45) is 1.19. The van der Waals surface area contributed by atoms with Crippen LogP contribution in [0.3, 0.4) is 0 Å². The molecule has 1 unspecified atom stereocenters. The van der Waals surface area contributed by atoms with Crippen LogP contribution in [-0.4, -0.2) is 69.2 Å². The molecule has 1 fully saturated rings. The van der Waals surface area contributed by atoms with Crippen LogP contribution in [0.15, 0.2) is 59.5 Å². The van der Waals surface area contributed by atoms with Gasteiger partial charge >= 0.3 is 5.97 Å². The Morgan fingerprint density at radius 2 is 1.58 bits per heavy atom.